The highest BCUT2D eigenvalue weighted by Gasteiger charge is 2.45. The van der Waals surface area contributed by atoms with Crippen LogP contribution in [0.4, 0.5) is 0 Å². The average Bonchev–Trinajstić information content (AvgIpc) is 2.81. The van der Waals surface area contributed by atoms with Gasteiger partial charge in [0.2, 0.25) is 6.29 Å². The van der Waals surface area contributed by atoms with Crippen molar-refractivity contribution in [2.24, 2.45) is 11.8 Å². The molecule has 0 aromatic heterocycles. The van der Waals surface area contributed by atoms with Crippen molar-refractivity contribution < 1.29 is 24.1 Å². The first-order valence-corrected chi connectivity index (χ1v) is 6.79. The second-order valence-corrected chi connectivity index (χ2v) is 6.10. The molecule has 1 aliphatic heterocycles. The molecule has 0 spiro atoms. The van der Waals surface area contributed by atoms with Crippen molar-refractivity contribution in [3.05, 3.63) is 23.5 Å². The van der Waals surface area contributed by atoms with Crippen molar-refractivity contribution in [1.82, 2.24) is 0 Å². The monoisotopic (exact) mass is 282 g/mol. The number of aliphatic hydroxyl groups is 1. The fourth-order valence-corrected chi connectivity index (χ4v) is 2.75. The third-order valence-electron chi connectivity index (χ3n) is 3.59. The molecule has 112 valence electrons. The molecule has 3 atom stereocenters. The number of carbonyl (C=O) groups is 1. The molecule has 0 saturated carbocycles. The molecule has 2 rings (SSSR count). The SMILES string of the molecule is COC(=O)C1=CO[C@@H](OC(C)(C)C)C2C(CO)=CCC12. The Kier molecular flexibility index (Phi) is 4.20. The van der Waals surface area contributed by atoms with Gasteiger partial charge in [0.1, 0.15) is 0 Å². The number of esters is 1. The summed E-state index contributed by atoms with van der Waals surface area (Å²) < 4.78 is 16.3. The van der Waals surface area contributed by atoms with Crippen LogP contribution in [-0.2, 0) is 19.0 Å². The van der Waals surface area contributed by atoms with Crippen molar-refractivity contribution in [3.63, 3.8) is 0 Å². The van der Waals surface area contributed by atoms with Gasteiger partial charge in [-0.25, -0.2) is 4.79 Å². The zero-order chi connectivity index (χ0) is 14.9. The van der Waals surface area contributed by atoms with Crippen LogP contribution in [0.1, 0.15) is 27.2 Å². The predicted molar refractivity (Wildman–Crippen MR) is 72.6 cm³/mol. The summed E-state index contributed by atoms with van der Waals surface area (Å²) in [6, 6.07) is 0. The van der Waals surface area contributed by atoms with Gasteiger partial charge in [-0.15, -0.1) is 0 Å². The number of rotatable bonds is 3. The van der Waals surface area contributed by atoms with Crippen LogP contribution in [0.5, 0.6) is 0 Å². The van der Waals surface area contributed by atoms with E-state index >= 15 is 0 Å². The van der Waals surface area contributed by atoms with Crippen LogP contribution in [0.15, 0.2) is 23.5 Å². The van der Waals surface area contributed by atoms with Gasteiger partial charge in [-0.1, -0.05) is 6.08 Å². The number of carbonyl (C=O) groups excluding carboxylic acids is 1. The zero-order valence-corrected chi connectivity index (χ0v) is 12.4. The Morgan fingerprint density at radius 3 is 2.75 bits per heavy atom. The highest BCUT2D eigenvalue weighted by Crippen LogP contribution is 2.44. The molecular formula is C15H22O5. The molecule has 0 fully saturated rings. The van der Waals surface area contributed by atoms with E-state index in [1.54, 1.807) is 0 Å². The first-order valence-electron chi connectivity index (χ1n) is 6.79. The molecule has 1 heterocycles. The molecule has 0 aromatic carbocycles. The fraction of sp³-hybridized carbons (Fsp3) is 0.667. The Morgan fingerprint density at radius 2 is 2.20 bits per heavy atom. The minimum atomic E-state index is -0.491. The molecule has 0 bridgehead atoms. The minimum Gasteiger partial charge on any atom is -0.471 e. The van der Waals surface area contributed by atoms with Crippen molar-refractivity contribution in [3.8, 4) is 0 Å². The lowest BCUT2D eigenvalue weighted by atomic mass is 9.83. The molecule has 0 aromatic rings. The number of methoxy groups -OCH3 is 1. The topological polar surface area (TPSA) is 65.0 Å². The number of aliphatic hydroxyl groups excluding tert-OH is 1. The van der Waals surface area contributed by atoms with E-state index in [1.165, 1.54) is 13.4 Å². The summed E-state index contributed by atoms with van der Waals surface area (Å²) in [5.41, 5.74) is 0.999. The van der Waals surface area contributed by atoms with Crippen LogP contribution in [0.25, 0.3) is 0 Å². The standard InChI is InChI=1S/C15H22O5/c1-15(2,3)20-14-12-9(7-16)5-6-10(12)11(8-19-14)13(17)18-4/h5,8,10,12,14,16H,6-7H2,1-4H3/t10?,12?,14-/m0/s1. The molecule has 1 N–H and O–H groups in total. The van der Waals surface area contributed by atoms with E-state index < -0.39 is 6.29 Å². The molecule has 2 aliphatic rings. The maximum Gasteiger partial charge on any atom is 0.337 e. The van der Waals surface area contributed by atoms with Gasteiger partial charge in [-0.05, 0) is 32.8 Å². The maximum atomic E-state index is 11.8. The first kappa shape index (κ1) is 15.1. The van der Waals surface area contributed by atoms with Gasteiger partial charge in [-0.3, -0.25) is 0 Å². The van der Waals surface area contributed by atoms with E-state index in [0.717, 1.165) is 5.57 Å². The average molecular weight is 282 g/mol. The van der Waals surface area contributed by atoms with Crippen LogP contribution in [-0.4, -0.2) is 36.7 Å². The summed E-state index contributed by atoms with van der Waals surface area (Å²) in [6.07, 6.45) is 3.60. The zero-order valence-electron chi connectivity index (χ0n) is 12.4. The first-order chi connectivity index (χ1) is 9.37. The number of hydrogen-bond donors (Lipinski definition) is 1. The third-order valence-corrected chi connectivity index (χ3v) is 3.59. The Balaban J connectivity index is 2.27. The molecule has 0 saturated heterocycles. The van der Waals surface area contributed by atoms with Crippen LogP contribution in [0.3, 0.4) is 0 Å². The van der Waals surface area contributed by atoms with E-state index in [9.17, 15) is 9.90 Å². The lowest BCUT2D eigenvalue weighted by molar-refractivity contribution is -0.202. The van der Waals surface area contributed by atoms with Gasteiger partial charge in [0.25, 0.3) is 0 Å². The van der Waals surface area contributed by atoms with Gasteiger partial charge in [0.15, 0.2) is 0 Å². The molecule has 5 heteroatoms. The number of hydrogen-bond acceptors (Lipinski definition) is 5. The Hall–Kier alpha value is -1.33. The fourth-order valence-electron chi connectivity index (χ4n) is 2.75. The molecule has 0 amide bonds. The summed E-state index contributed by atoms with van der Waals surface area (Å²) in [5, 5.41) is 9.49. The lowest BCUT2D eigenvalue weighted by Gasteiger charge is -2.37. The van der Waals surface area contributed by atoms with E-state index in [-0.39, 0.29) is 30.0 Å². The number of fused-ring (bicyclic) bond motifs is 1. The summed E-state index contributed by atoms with van der Waals surface area (Å²) in [7, 11) is 1.35. The Labute approximate surface area is 119 Å². The molecular weight excluding hydrogens is 260 g/mol. The molecule has 0 radical (unpaired) electrons. The van der Waals surface area contributed by atoms with Crippen LogP contribution in [0.2, 0.25) is 0 Å². The highest BCUT2D eigenvalue weighted by atomic mass is 16.7. The minimum absolute atomic E-state index is 0.0503. The third kappa shape index (κ3) is 2.88. The second-order valence-electron chi connectivity index (χ2n) is 6.10. The molecule has 1 aliphatic carbocycles. The molecule has 20 heavy (non-hydrogen) atoms. The van der Waals surface area contributed by atoms with Crippen molar-refractivity contribution >= 4 is 5.97 Å². The van der Waals surface area contributed by atoms with E-state index in [2.05, 4.69) is 0 Å². The van der Waals surface area contributed by atoms with Crippen molar-refractivity contribution in [2.45, 2.75) is 39.1 Å². The predicted octanol–water partition coefficient (Wildman–Crippen LogP) is 1.77. The summed E-state index contributed by atoms with van der Waals surface area (Å²) in [5.74, 6) is -0.578. The second kappa shape index (κ2) is 5.58. The van der Waals surface area contributed by atoms with Gasteiger partial charge < -0.3 is 19.3 Å². The molecule has 5 nitrogen and oxygen atoms in total. The van der Waals surface area contributed by atoms with Gasteiger partial charge >= 0.3 is 5.97 Å². The van der Waals surface area contributed by atoms with Crippen molar-refractivity contribution in [2.75, 3.05) is 13.7 Å². The van der Waals surface area contributed by atoms with E-state index in [0.29, 0.717) is 12.0 Å². The quantitative estimate of drug-likeness (QED) is 0.631. The van der Waals surface area contributed by atoms with Crippen LogP contribution >= 0.6 is 0 Å². The Morgan fingerprint density at radius 1 is 1.50 bits per heavy atom. The number of ether oxygens (including phenoxy) is 3. The maximum absolute atomic E-state index is 11.8. The van der Waals surface area contributed by atoms with Gasteiger partial charge in [-0.2, -0.15) is 0 Å². The van der Waals surface area contributed by atoms with Gasteiger partial charge in [0.05, 0.1) is 37.1 Å². The summed E-state index contributed by atoms with van der Waals surface area (Å²) in [6.45, 7) is 5.79. The highest BCUT2D eigenvalue weighted by molar-refractivity contribution is 5.89. The summed E-state index contributed by atoms with van der Waals surface area (Å²) in [4.78, 5) is 11.8. The molecule has 2 unspecified atom stereocenters. The summed E-state index contributed by atoms with van der Waals surface area (Å²) >= 11 is 0. The van der Waals surface area contributed by atoms with Crippen LogP contribution < -0.4 is 0 Å². The van der Waals surface area contributed by atoms with Crippen molar-refractivity contribution in [1.29, 1.82) is 0 Å². The van der Waals surface area contributed by atoms with E-state index in [1.807, 2.05) is 26.8 Å². The Bertz CT molecular complexity index is 444. The normalized spacial score (nSPS) is 29.1. The van der Waals surface area contributed by atoms with Crippen LogP contribution in [0, 0.1) is 11.8 Å². The number of allylic oxidation sites excluding steroid dienone is 1. The van der Waals surface area contributed by atoms with E-state index in [4.69, 9.17) is 14.2 Å². The lowest BCUT2D eigenvalue weighted by Crippen LogP contribution is -2.41. The largest absolute Gasteiger partial charge is 0.471 e. The smallest absolute Gasteiger partial charge is 0.337 e. The van der Waals surface area contributed by atoms with Gasteiger partial charge in [0, 0.05) is 5.92 Å².